The second-order valence-corrected chi connectivity index (χ2v) is 8.77. The topological polar surface area (TPSA) is 30.7 Å². The van der Waals surface area contributed by atoms with Gasteiger partial charge in [-0.25, -0.2) is 9.67 Å². The smallest absolute Gasteiger partial charge is 0.209 e. The standard InChI is InChI=1S/C22H18IN3S/c23-16-27-21-24-17-26(25-21)22(18-10-4-1-5-11-18,19-12-6-2-7-13-19)20-14-8-3-9-15-20/h1-15,17H,16H2. The van der Waals surface area contributed by atoms with E-state index >= 15 is 0 Å². The lowest BCUT2D eigenvalue weighted by Gasteiger charge is -2.35. The van der Waals surface area contributed by atoms with Gasteiger partial charge in [0.15, 0.2) is 0 Å². The first-order valence-electron chi connectivity index (χ1n) is 8.63. The molecule has 0 saturated carbocycles. The number of hydrogen-bond acceptors (Lipinski definition) is 3. The minimum Gasteiger partial charge on any atom is -0.232 e. The van der Waals surface area contributed by atoms with Crippen LogP contribution in [0, 0.1) is 0 Å². The molecule has 0 fully saturated rings. The Balaban J connectivity index is 2.06. The highest BCUT2D eigenvalue weighted by atomic mass is 127. The number of halogens is 1. The molecule has 27 heavy (non-hydrogen) atoms. The van der Waals surface area contributed by atoms with Crippen molar-refractivity contribution in [3.05, 3.63) is 114 Å². The van der Waals surface area contributed by atoms with Crippen LogP contribution < -0.4 is 0 Å². The number of alkyl halides is 1. The van der Waals surface area contributed by atoms with Crippen molar-refractivity contribution in [2.45, 2.75) is 10.7 Å². The van der Waals surface area contributed by atoms with E-state index < -0.39 is 5.54 Å². The quantitative estimate of drug-likeness (QED) is 0.155. The van der Waals surface area contributed by atoms with E-state index in [4.69, 9.17) is 5.10 Å². The molecule has 0 saturated heterocycles. The van der Waals surface area contributed by atoms with E-state index in [0.29, 0.717) is 0 Å². The van der Waals surface area contributed by atoms with E-state index in [-0.39, 0.29) is 0 Å². The zero-order chi connectivity index (χ0) is 18.5. The summed E-state index contributed by atoms with van der Waals surface area (Å²) in [4.78, 5) is 4.56. The molecule has 3 aromatic carbocycles. The van der Waals surface area contributed by atoms with Gasteiger partial charge in [-0.3, -0.25) is 0 Å². The van der Waals surface area contributed by atoms with Crippen LogP contribution in [-0.2, 0) is 5.54 Å². The first-order valence-corrected chi connectivity index (χ1v) is 11.1. The maximum atomic E-state index is 4.87. The number of benzene rings is 3. The van der Waals surface area contributed by atoms with E-state index in [1.165, 1.54) is 0 Å². The summed E-state index contributed by atoms with van der Waals surface area (Å²) in [7, 11) is 0. The van der Waals surface area contributed by atoms with Gasteiger partial charge >= 0.3 is 0 Å². The Morgan fingerprint density at radius 1 is 0.741 bits per heavy atom. The molecule has 1 heterocycles. The predicted octanol–water partition coefficient (Wildman–Crippen LogP) is 5.60. The van der Waals surface area contributed by atoms with Crippen molar-refractivity contribution in [2.75, 3.05) is 3.76 Å². The SMILES string of the molecule is ICSc1ncn(C(c2ccccc2)(c2ccccc2)c2ccccc2)n1. The zero-order valence-corrected chi connectivity index (χ0v) is 17.5. The Kier molecular flexibility index (Phi) is 5.59. The number of rotatable bonds is 6. The van der Waals surface area contributed by atoms with Gasteiger partial charge in [0.05, 0.1) is 3.76 Å². The van der Waals surface area contributed by atoms with E-state index in [1.807, 2.05) is 29.2 Å². The molecule has 0 bridgehead atoms. The monoisotopic (exact) mass is 483 g/mol. The molecule has 0 aliphatic carbocycles. The van der Waals surface area contributed by atoms with E-state index in [2.05, 4.69) is 100 Å². The van der Waals surface area contributed by atoms with Crippen molar-refractivity contribution in [1.29, 1.82) is 0 Å². The highest BCUT2D eigenvalue weighted by molar-refractivity contribution is 14.1. The molecule has 4 aromatic rings. The number of nitrogens with zero attached hydrogens (tertiary/aromatic N) is 3. The second kappa shape index (κ2) is 8.27. The Hall–Kier alpha value is -2.12. The van der Waals surface area contributed by atoms with E-state index in [9.17, 15) is 0 Å². The first-order chi connectivity index (χ1) is 13.4. The van der Waals surface area contributed by atoms with Crippen molar-refractivity contribution < 1.29 is 0 Å². The Labute approximate surface area is 177 Å². The average Bonchev–Trinajstić information content (AvgIpc) is 3.20. The third-order valence-electron chi connectivity index (χ3n) is 4.57. The van der Waals surface area contributed by atoms with Gasteiger partial charge in [-0.15, -0.1) is 5.10 Å². The van der Waals surface area contributed by atoms with Crippen LogP contribution >= 0.6 is 34.4 Å². The lowest BCUT2D eigenvalue weighted by molar-refractivity contribution is 0.452. The summed E-state index contributed by atoms with van der Waals surface area (Å²) in [5.41, 5.74) is 2.87. The molecule has 0 radical (unpaired) electrons. The number of thioether (sulfide) groups is 1. The van der Waals surface area contributed by atoms with E-state index in [1.54, 1.807) is 11.8 Å². The minimum atomic E-state index is -0.582. The zero-order valence-electron chi connectivity index (χ0n) is 14.6. The van der Waals surface area contributed by atoms with Crippen molar-refractivity contribution >= 4 is 34.4 Å². The number of aromatic nitrogens is 3. The molecule has 0 unspecified atom stereocenters. The molecule has 1 aromatic heterocycles. The van der Waals surface area contributed by atoms with Gasteiger partial charge in [-0.2, -0.15) is 0 Å². The Morgan fingerprint density at radius 2 is 1.19 bits per heavy atom. The second-order valence-electron chi connectivity index (χ2n) is 6.03. The maximum absolute atomic E-state index is 4.87. The fraction of sp³-hybridized carbons (Fsp3) is 0.0909. The molecule has 0 spiro atoms. The largest absolute Gasteiger partial charge is 0.232 e. The minimum absolute atomic E-state index is 0.582. The Morgan fingerprint density at radius 3 is 1.59 bits per heavy atom. The van der Waals surface area contributed by atoms with Crippen LogP contribution in [0.4, 0.5) is 0 Å². The van der Waals surface area contributed by atoms with Crippen LogP contribution in [0.3, 0.4) is 0 Å². The van der Waals surface area contributed by atoms with Crippen LogP contribution in [0.1, 0.15) is 16.7 Å². The molecule has 0 amide bonds. The molecule has 4 rings (SSSR count). The van der Waals surface area contributed by atoms with Crippen LogP contribution in [-0.4, -0.2) is 18.5 Å². The first kappa shape index (κ1) is 18.3. The van der Waals surface area contributed by atoms with Crippen LogP contribution in [0.2, 0.25) is 0 Å². The Bertz CT molecular complexity index is 891. The molecule has 134 valence electrons. The molecular weight excluding hydrogens is 465 g/mol. The van der Waals surface area contributed by atoms with Crippen molar-refractivity contribution in [2.24, 2.45) is 0 Å². The normalized spacial score (nSPS) is 11.4. The molecular formula is C22H18IN3S. The summed E-state index contributed by atoms with van der Waals surface area (Å²) in [5, 5.41) is 5.65. The third kappa shape index (κ3) is 3.41. The summed E-state index contributed by atoms with van der Waals surface area (Å²) in [5.74, 6) is 0. The van der Waals surface area contributed by atoms with Crippen LogP contribution in [0.5, 0.6) is 0 Å². The van der Waals surface area contributed by atoms with Gasteiger partial charge < -0.3 is 0 Å². The summed E-state index contributed by atoms with van der Waals surface area (Å²) < 4.78 is 2.92. The maximum Gasteiger partial charge on any atom is 0.209 e. The van der Waals surface area contributed by atoms with Gasteiger partial charge in [0.1, 0.15) is 11.9 Å². The molecule has 0 aliphatic rings. The molecule has 0 aliphatic heterocycles. The van der Waals surface area contributed by atoms with Gasteiger partial charge in [-0.1, -0.05) is 125 Å². The molecule has 5 heteroatoms. The summed E-state index contributed by atoms with van der Waals surface area (Å²) in [6.45, 7) is 0. The lowest BCUT2D eigenvalue weighted by Crippen LogP contribution is -2.38. The van der Waals surface area contributed by atoms with Crippen LogP contribution in [0.15, 0.2) is 102 Å². The van der Waals surface area contributed by atoms with Crippen LogP contribution in [0.25, 0.3) is 0 Å². The van der Waals surface area contributed by atoms with Gasteiger partial charge in [0, 0.05) is 0 Å². The average molecular weight is 483 g/mol. The van der Waals surface area contributed by atoms with Crippen molar-refractivity contribution in [3.63, 3.8) is 0 Å². The van der Waals surface area contributed by atoms with Crippen molar-refractivity contribution in [1.82, 2.24) is 14.8 Å². The predicted molar refractivity (Wildman–Crippen MR) is 119 cm³/mol. The van der Waals surface area contributed by atoms with Gasteiger partial charge in [0.25, 0.3) is 0 Å². The molecule has 3 nitrogen and oxygen atoms in total. The van der Waals surface area contributed by atoms with Gasteiger partial charge in [-0.05, 0) is 16.7 Å². The van der Waals surface area contributed by atoms with Gasteiger partial charge in [0.2, 0.25) is 5.16 Å². The molecule has 0 N–H and O–H groups in total. The fourth-order valence-electron chi connectivity index (χ4n) is 3.46. The lowest BCUT2D eigenvalue weighted by atomic mass is 9.77. The van der Waals surface area contributed by atoms with Crippen molar-refractivity contribution in [3.8, 4) is 0 Å². The van der Waals surface area contributed by atoms with E-state index in [0.717, 1.165) is 25.6 Å². The summed E-state index contributed by atoms with van der Waals surface area (Å²) in [6, 6.07) is 31.6. The summed E-state index contributed by atoms with van der Waals surface area (Å²) in [6.07, 6.45) is 1.85. The summed E-state index contributed by atoms with van der Waals surface area (Å²) >= 11 is 3.97. The third-order valence-corrected chi connectivity index (χ3v) is 6.06. The number of hydrogen-bond donors (Lipinski definition) is 0. The fourth-order valence-corrected chi connectivity index (χ4v) is 4.66. The molecule has 0 atom stereocenters. The highest BCUT2D eigenvalue weighted by Crippen LogP contribution is 2.40. The highest BCUT2D eigenvalue weighted by Gasteiger charge is 2.39.